The zero-order valence-electron chi connectivity index (χ0n) is 13.8. The third kappa shape index (κ3) is 3.32. The number of benzene rings is 1. The average molecular weight is 397 g/mol. The molecule has 0 spiro atoms. The van der Waals surface area contributed by atoms with Crippen molar-refractivity contribution in [3.05, 3.63) is 82.5 Å². The highest BCUT2D eigenvalue weighted by Crippen LogP contribution is 2.36. The summed E-state index contributed by atoms with van der Waals surface area (Å²) in [5.74, 6) is -1.46. The summed E-state index contributed by atoms with van der Waals surface area (Å²) in [6.45, 7) is 0. The molecule has 0 saturated carbocycles. The third-order valence-electron chi connectivity index (χ3n) is 4.13. The number of fused-ring (bicyclic) bond motifs is 1. The van der Waals surface area contributed by atoms with Crippen LogP contribution in [0.3, 0.4) is 0 Å². The first-order chi connectivity index (χ1) is 13.0. The van der Waals surface area contributed by atoms with E-state index < -0.39 is 5.97 Å². The zero-order valence-corrected chi connectivity index (χ0v) is 15.4. The molecule has 0 radical (unpaired) electrons. The molecule has 0 aliphatic heterocycles. The number of carboxylic acid groups (broad SMARTS) is 1. The van der Waals surface area contributed by atoms with Crippen LogP contribution in [0, 0.1) is 0 Å². The van der Waals surface area contributed by atoms with Crippen LogP contribution in [-0.4, -0.2) is 21.4 Å². The number of anilines is 1. The van der Waals surface area contributed by atoms with E-state index in [-0.39, 0.29) is 17.2 Å². The van der Waals surface area contributed by atoms with Crippen molar-refractivity contribution in [2.24, 2.45) is 0 Å². The van der Waals surface area contributed by atoms with Gasteiger partial charge in [0, 0.05) is 28.3 Å². The third-order valence-corrected chi connectivity index (χ3v) is 5.41. The SMILES string of the molecule is O=C(Nc1csc(-c2ccc(Cl)cc2)c1C(=O)O)c1cc2ccccn2c1. The molecule has 1 amide bonds. The lowest BCUT2D eigenvalue weighted by Gasteiger charge is -2.05. The summed E-state index contributed by atoms with van der Waals surface area (Å²) in [7, 11) is 0. The van der Waals surface area contributed by atoms with Gasteiger partial charge in [-0.2, -0.15) is 0 Å². The molecule has 7 heteroatoms. The molecule has 0 aliphatic rings. The highest BCUT2D eigenvalue weighted by molar-refractivity contribution is 7.14. The molecule has 0 atom stereocenters. The lowest BCUT2D eigenvalue weighted by atomic mass is 10.1. The van der Waals surface area contributed by atoms with Crippen LogP contribution in [-0.2, 0) is 0 Å². The second kappa shape index (κ2) is 6.90. The molecule has 27 heavy (non-hydrogen) atoms. The number of rotatable bonds is 4. The maximum atomic E-state index is 12.6. The summed E-state index contributed by atoms with van der Waals surface area (Å²) >= 11 is 7.17. The van der Waals surface area contributed by atoms with Crippen LogP contribution in [0.2, 0.25) is 5.02 Å². The predicted molar refractivity (Wildman–Crippen MR) is 107 cm³/mol. The van der Waals surface area contributed by atoms with Crippen LogP contribution in [0.25, 0.3) is 16.0 Å². The smallest absolute Gasteiger partial charge is 0.339 e. The normalized spacial score (nSPS) is 10.9. The first kappa shape index (κ1) is 17.3. The van der Waals surface area contributed by atoms with E-state index in [1.54, 1.807) is 41.9 Å². The lowest BCUT2D eigenvalue weighted by molar-refractivity contribution is 0.0699. The van der Waals surface area contributed by atoms with Crippen LogP contribution in [0.15, 0.2) is 66.3 Å². The van der Waals surface area contributed by atoms with Crippen molar-refractivity contribution in [1.29, 1.82) is 0 Å². The number of halogens is 1. The van der Waals surface area contributed by atoms with Gasteiger partial charge >= 0.3 is 5.97 Å². The Labute approximate surface area is 163 Å². The second-order valence-corrected chi connectivity index (χ2v) is 7.20. The molecule has 0 unspecified atom stereocenters. The van der Waals surface area contributed by atoms with E-state index in [1.165, 1.54) is 11.3 Å². The van der Waals surface area contributed by atoms with Gasteiger partial charge in [0.25, 0.3) is 5.91 Å². The molecule has 4 rings (SSSR count). The minimum absolute atomic E-state index is 0.0689. The minimum atomic E-state index is -1.10. The number of carboxylic acids is 1. The largest absolute Gasteiger partial charge is 0.478 e. The number of amides is 1. The Bertz CT molecular complexity index is 1130. The van der Waals surface area contributed by atoms with Gasteiger partial charge in [-0.1, -0.05) is 29.8 Å². The molecule has 5 nitrogen and oxygen atoms in total. The molecule has 3 heterocycles. The van der Waals surface area contributed by atoms with Crippen molar-refractivity contribution >= 4 is 46.0 Å². The molecular weight excluding hydrogens is 384 g/mol. The molecule has 134 valence electrons. The van der Waals surface area contributed by atoms with E-state index >= 15 is 0 Å². The fraction of sp³-hybridized carbons (Fsp3) is 0. The Morgan fingerprint density at radius 3 is 2.59 bits per heavy atom. The van der Waals surface area contributed by atoms with E-state index in [1.807, 2.05) is 28.8 Å². The van der Waals surface area contributed by atoms with Gasteiger partial charge in [-0.15, -0.1) is 11.3 Å². The standard InChI is InChI=1S/C20H13ClN2O3S/c21-14-6-4-12(5-7-14)18-17(20(25)26)16(11-27-18)22-19(24)13-9-15-3-1-2-8-23(15)10-13/h1-11H,(H,22,24)(H,25,26). The maximum Gasteiger partial charge on any atom is 0.339 e. The van der Waals surface area contributed by atoms with E-state index in [0.717, 1.165) is 11.1 Å². The van der Waals surface area contributed by atoms with E-state index in [0.29, 0.717) is 15.5 Å². The number of pyridine rings is 1. The van der Waals surface area contributed by atoms with Crippen LogP contribution < -0.4 is 5.32 Å². The molecule has 0 bridgehead atoms. The highest BCUT2D eigenvalue weighted by atomic mass is 35.5. The lowest BCUT2D eigenvalue weighted by Crippen LogP contribution is -2.13. The average Bonchev–Trinajstić information content (AvgIpc) is 3.26. The Kier molecular flexibility index (Phi) is 4.43. The molecule has 2 N–H and O–H groups in total. The Balaban J connectivity index is 1.68. The Hall–Kier alpha value is -3.09. The quantitative estimate of drug-likeness (QED) is 0.493. The Morgan fingerprint density at radius 2 is 1.89 bits per heavy atom. The van der Waals surface area contributed by atoms with E-state index in [4.69, 9.17) is 11.6 Å². The van der Waals surface area contributed by atoms with Gasteiger partial charge in [0.1, 0.15) is 5.56 Å². The molecular formula is C20H13ClN2O3S. The van der Waals surface area contributed by atoms with Gasteiger partial charge in [-0.05, 0) is 35.9 Å². The summed E-state index contributed by atoms with van der Waals surface area (Å²) in [5.41, 5.74) is 2.42. The van der Waals surface area contributed by atoms with Crippen molar-refractivity contribution in [2.75, 3.05) is 5.32 Å². The molecule has 0 saturated heterocycles. The molecule has 0 fully saturated rings. The fourth-order valence-electron chi connectivity index (χ4n) is 2.85. The van der Waals surface area contributed by atoms with Crippen LogP contribution >= 0.6 is 22.9 Å². The van der Waals surface area contributed by atoms with Gasteiger partial charge in [0.2, 0.25) is 0 Å². The van der Waals surface area contributed by atoms with Gasteiger partial charge < -0.3 is 14.8 Å². The van der Waals surface area contributed by atoms with E-state index in [2.05, 4.69) is 5.32 Å². The van der Waals surface area contributed by atoms with Gasteiger partial charge in [0.05, 0.1) is 16.1 Å². The van der Waals surface area contributed by atoms with Crippen molar-refractivity contribution < 1.29 is 14.7 Å². The van der Waals surface area contributed by atoms with Crippen LogP contribution in [0.1, 0.15) is 20.7 Å². The van der Waals surface area contributed by atoms with Crippen molar-refractivity contribution in [1.82, 2.24) is 4.40 Å². The van der Waals surface area contributed by atoms with Crippen LogP contribution in [0.4, 0.5) is 5.69 Å². The number of carbonyl (C=O) groups is 2. The van der Waals surface area contributed by atoms with Crippen molar-refractivity contribution in [2.45, 2.75) is 0 Å². The Morgan fingerprint density at radius 1 is 1.11 bits per heavy atom. The van der Waals surface area contributed by atoms with Crippen molar-refractivity contribution in [3.8, 4) is 10.4 Å². The first-order valence-electron chi connectivity index (χ1n) is 8.02. The zero-order chi connectivity index (χ0) is 19.0. The summed E-state index contributed by atoms with van der Waals surface area (Å²) in [6, 6.07) is 14.3. The molecule has 0 aliphatic carbocycles. The van der Waals surface area contributed by atoms with Gasteiger partial charge in [0.15, 0.2) is 0 Å². The molecule has 3 aromatic heterocycles. The number of hydrogen-bond donors (Lipinski definition) is 2. The highest BCUT2D eigenvalue weighted by Gasteiger charge is 2.21. The summed E-state index contributed by atoms with van der Waals surface area (Å²) in [4.78, 5) is 25.0. The second-order valence-electron chi connectivity index (χ2n) is 5.88. The number of hydrogen-bond acceptors (Lipinski definition) is 3. The number of thiophene rings is 1. The van der Waals surface area contributed by atoms with Gasteiger partial charge in [-0.3, -0.25) is 4.79 Å². The fourth-order valence-corrected chi connectivity index (χ4v) is 3.98. The monoisotopic (exact) mass is 396 g/mol. The number of nitrogens with one attached hydrogen (secondary N) is 1. The number of nitrogens with zero attached hydrogens (tertiary/aromatic N) is 1. The predicted octanol–water partition coefficient (Wildman–Crippen LogP) is 5.27. The summed E-state index contributed by atoms with van der Waals surface area (Å²) < 4.78 is 1.83. The summed E-state index contributed by atoms with van der Waals surface area (Å²) in [6.07, 6.45) is 3.55. The first-order valence-corrected chi connectivity index (χ1v) is 9.27. The number of carbonyl (C=O) groups excluding carboxylic acids is 1. The van der Waals surface area contributed by atoms with Gasteiger partial charge in [-0.25, -0.2) is 4.79 Å². The number of aromatic nitrogens is 1. The molecule has 4 aromatic rings. The number of aromatic carboxylic acids is 1. The topological polar surface area (TPSA) is 70.8 Å². The van der Waals surface area contributed by atoms with Crippen LogP contribution in [0.5, 0.6) is 0 Å². The van der Waals surface area contributed by atoms with Crippen molar-refractivity contribution in [3.63, 3.8) is 0 Å². The molecule has 1 aromatic carbocycles. The van der Waals surface area contributed by atoms with E-state index in [9.17, 15) is 14.7 Å². The minimum Gasteiger partial charge on any atom is -0.478 e. The summed E-state index contributed by atoms with van der Waals surface area (Å²) in [5, 5.41) is 14.6. The maximum absolute atomic E-state index is 12.6.